The summed E-state index contributed by atoms with van der Waals surface area (Å²) in [5, 5.41) is 14.7. The molecule has 19 heavy (non-hydrogen) atoms. The van der Waals surface area contributed by atoms with Crippen molar-refractivity contribution in [1.29, 1.82) is 5.26 Å². The maximum Gasteiger partial charge on any atom is 0.267 e. The van der Waals surface area contributed by atoms with E-state index in [0.29, 0.717) is 16.4 Å². The SMILES string of the molecule is CC(C)N/C=C(/C#N)C(=O)Nc1ccc(N)c(Cl)c1. The quantitative estimate of drug-likeness (QED) is 0.448. The molecule has 0 aromatic heterocycles. The van der Waals surface area contributed by atoms with Crippen LogP contribution in [-0.4, -0.2) is 11.9 Å². The summed E-state index contributed by atoms with van der Waals surface area (Å²) in [6.07, 6.45) is 1.39. The molecule has 1 amide bonds. The van der Waals surface area contributed by atoms with Crippen LogP contribution in [-0.2, 0) is 4.79 Å². The third-order valence-corrected chi connectivity index (χ3v) is 2.51. The molecule has 5 nitrogen and oxygen atoms in total. The zero-order valence-electron chi connectivity index (χ0n) is 10.7. The van der Waals surface area contributed by atoms with Crippen molar-refractivity contribution >= 4 is 28.9 Å². The number of carbonyl (C=O) groups excluding carboxylic acids is 1. The molecule has 100 valence electrons. The van der Waals surface area contributed by atoms with Crippen molar-refractivity contribution in [1.82, 2.24) is 5.32 Å². The van der Waals surface area contributed by atoms with E-state index in [1.807, 2.05) is 19.9 Å². The first kappa shape index (κ1) is 14.9. The van der Waals surface area contributed by atoms with Gasteiger partial charge in [0.1, 0.15) is 11.6 Å². The molecule has 0 saturated heterocycles. The number of nitrogens with one attached hydrogen (secondary N) is 2. The van der Waals surface area contributed by atoms with Crippen LogP contribution in [0, 0.1) is 11.3 Å². The lowest BCUT2D eigenvalue weighted by molar-refractivity contribution is -0.112. The molecular weight excluding hydrogens is 264 g/mol. The molecule has 4 N–H and O–H groups in total. The van der Waals surface area contributed by atoms with Crippen molar-refractivity contribution in [3.05, 3.63) is 35.0 Å². The number of nitriles is 1. The molecule has 1 aromatic carbocycles. The first-order valence-electron chi connectivity index (χ1n) is 5.66. The Bertz CT molecular complexity index is 546. The lowest BCUT2D eigenvalue weighted by Gasteiger charge is -2.07. The molecule has 0 bridgehead atoms. The third kappa shape index (κ3) is 4.53. The van der Waals surface area contributed by atoms with E-state index in [1.165, 1.54) is 12.3 Å². The predicted molar refractivity (Wildman–Crippen MR) is 76.5 cm³/mol. The Labute approximate surface area is 117 Å². The molecule has 0 aliphatic carbocycles. The first-order valence-corrected chi connectivity index (χ1v) is 6.04. The Hall–Kier alpha value is -2.19. The van der Waals surface area contributed by atoms with Crippen molar-refractivity contribution in [2.75, 3.05) is 11.1 Å². The van der Waals surface area contributed by atoms with Crippen LogP contribution in [0.2, 0.25) is 5.02 Å². The number of hydrogen-bond donors (Lipinski definition) is 3. The molecular formula is C13H15ClN4O. The Morgan fingerprint density at radius 3 is 2.74 bits per heavy atom. The van der Waals surface area contributed by atoms with Crippen molar-refractivity contribution < 1.29 is 4.79 Å². The maximum absolute atomic E-state index is 11.8. The fourth-order valence-corrected chi connectivity index (χ4v) is 1.38. The molecule has 0 atom stereocenters. The van der Waals surface area contributed by atoms with E-state index in [2.05, 4.69) is 10.6 Å². The summed E-state index contributed by atoms with van der Waals surface area (Å²) in [6.45, 7) is 3.81. The number of nitrogens with two attached hydrogens (primary N) is 1. The highest BCUT2D eigenvalue weighted by atomic mass is 35.5. The predicted octanol–water partition coefficient (Wildman–Crippen LogP) is 2.27. The summed E-state index contributed by atoms with van der Waals surface area (Å²) >= 11 is 5.85. The van der Waals surface area contributed by atoms with Gasteiger partial charge in [0.25, 0.3) is 5.91 Å². The molecule has 0 spiro atoms. The van der Waals surface area contributed by atoms with Crippen LogP contribution >= 0.6 is 11.6 Å². The van der Waals surface area contributed by atoms with Gasteiger partial charge in [-0.25, -0.2) is 0 Å². The average Bonchev–Trinajstić information content (AvgIpc) is 2.34. The normalized spacial score (nSPS) is 11.0. The van der Waals surface area contributed by atoms with Gasteiger partial charge in [0.15, 0.2) is 0 Å². The van der Waals surface area contributed by atoms with E-state index in [9.17, 15) is 4.79 Å². The minimum atomic E-state index is -0.503. The molecule has 1 rings (SSSR count). The summed E-state index contributed by atoms with van der Waals surface area (Å²) in [4.78, 5) is 11.8. The van der Waals surface area contributed by atoms with Gasteiger partial charge in [-0.1, -0.05) is 11.6 Å². The molecule has 0 fully saturated rings. The number of carbonyl (C=O) groups is 1. The largest absolute Gasteiger partial charge is 0.398 e. The Morgan fingerprint density at radius 1 is 1.53 bits per heavy atom. The van der Waals surface area contributed by atoms with Crippen LogP contribution in [0.5, 0.6) is 0 Å². The average molecular weight is 279 g/mol. The minimum Gasteiger partial charge on any atom is -0.398 e. The summed E-state index contributed by atoms with van der Waals surface area (Å²) in [7, 11) is 0. The Morgan fingerprint density at radius 2 is 2.21 bits per heavy atom. The molecule has 0 aliphatic rings. The second-order valence-corrected chi connectivity index (χ2v) is 4.59. The fourth-order valence-electron chi connectivity index (χ4n) is 1.20. The number of amides is 1. The van der Waals surface area contributed by atoms with Crippen molar-refractivity contribution in [2.24, 2.45) is 0 Å². The number of nitrogen functional groups attached to an aromatic ring is 1. The highest BCUT2D eigenvalue weighted by Gasteiger charge is 2.10. The first-order chi connectivity index (χ1) is 8.93. The van der Waals surface area contributed by atoms with Gasteiger partial charge < -0.3 is 16.4 Å². The lowest BCUT2D eigenvalue weighted by atomic mass is 10.2. The van der Waals surface area contributed by atoms with Crippen LogP contribution in [0.15, 0.2) is 30.0 Å². The summed E-state index contributed by atoms with van der Waals surface area (Å²) < 4.78 is 0. The van der Waals surface area contributed by atoms with Crippen LogP contribution in [0.1, 0.15) is 13.8 Å². The molecule has 6 heteroatoms. The number of hydrogen-bond acceptors (Lipinski definition) is 4. The zero-order valence-corrected chi connectivity index (χ0v) is 11.5. The van der Waals surface area contributed by atoms with E-state index in [4.69, 9.17) is 22.6 Å². The minimum absolute atomic E-state index is 0.0124. The van der Waals surface area contributed by atoms with Crippen molar-refractivity contribution in [2.45, 2.75) is 19.9 Å². The summed E-state index contributed by atoms with van der Waals surface area (Å²) in [5.74, 6) is -0.503. The third-order valence-electron chi connectivity index (χ3n) is 2.18. The monoisotopic (exact) mass is 278 g/mol. The fraction of sp³-hybridized carbons (Fsp3) is 0.231. The van der Waals surface area contributed by atoms with E-state index >= 15 is 0 Å². The van der Waals surface area contributed by atoms with E-state index in [1.54, 1.807) is 12.1 Å². The van der Waals surface area contributed by atoms with Crippen molar-refractivity contribution in [3.8, 4) is 6.07 Å². The molecule has 0 heterocycles. The van der Waals surface area contributed by atoms with Crippen molar-refractivity contribution in [3.63, 3.8) is 0 Å². The standard InChI is InChI=1S/C13H15ClN4O/c1-8(2)17-7-9(6-15)13(19)18-10-3-4-12(16)11(14)5-10/h3-5,7-8,17H,16H2,1-2H3,(H,18,19)/b9-7-. The summed E-state index contributed by atoms with van der Waals surface area (Å²) in [6, 6.07) is 6.70. The number of halogens is 1. The molecule has 0 unspecified atom stereocenters. The second kappa shape index (κ2) is 6.66. The van der Waals surface area contributed by atoms with Gasteiger partial charge in [-0.3, -0.25) is 4.79 Å². The lowest BCUT2D eigenvalue weighted by Crippen LogP contribution is -2.20. The number of rotatable bonds is 4. The molecule has 0 saturated carbocycles. The van der Waals surface area contributed by atoms with Crippen LogP contribution in [0.3, 0.4) is 0 Å². The number of nitrogens with zero attached hydrogens (tertiary/aromatic N) is 1. The van der Waals surface area contributed by atoms with Gasteiger partial charge in [-0.15, -0.1) is 0 Å². The highest BCUT2D eigenvalue weighted by molar-refractivity contribution is 6.33. The smallest absolute Gasteiger partial charge is 0.267 e. The number of benzene rings is 1. The van der Waals surface area contributed by atoms with Crippen LogP contribution in [0.4, 0.5) is 11.4 Å². The summed E-state index contributed by atoms with van der Waals surface area (Å²) in [5.41, 5.74) is 6.47. The van der Waals surface area contributed by atoms with Gasteiger partial charge in [0.2, 0.25) is 0 Å². The van der Waals surface area contributed by atoms with Gasteiger partial charge >= 0.3 is 0 Å². The Kier molecular flexibility index (Phi) is 5.22. The molecule has 1 aromatic rings. The van der Waals surface area contributed by atoms with Gasteiger partial charge in [0.05, 0.1) is 10.7 Å². The van der Waals surface area contributed by atoms with E-state index in [0.717, 1.165) is 0 Å². The maximum atomic E-state index is 11.8. The van der Waals surface area contributed by atoms with Crippen LogP contribution < -0.4 is 16.4 Å². The van der Waals surface area contributed by atoms with Gasteiger partial charge in [-0.05, 0) is 32.0 Å². The second-order valence-electron chi connectivity index (χ2n) is 4.18. The Balaban J connectivity index is 2.80. The molecule has 0 aliphatic heterocycles. The zero-order chi connectivity index (χ0) is 14.4. The van der Waals surface area contributed by atoms with E-state index < -0.39 is 5.91 Å². The number of anilines is 2. The molecule has 0 radical (unpaired) electrons. The van der Waals surface area contributed by atoms with Gasteiger partial charge in [-0.2, -0.15) is 5.26 Å². The van der Waals surface area contributed by atoms with E-state index in [-0.39, 0.29) is 11.6 Å². The van der Waals surface area contributed by atoms with Gasteiger partial charge in [0, 0.05) is 17.9 Å². The topological polar surface area (TPSA) is 90.9 Å². The van der Waals surface area contributed by atoms with Crippen LogP contribution in [0.25, 0.3) is 0 Å². The highest BCUT2D eigenvalue weighted by Crippen LogP contribution is 2.22.